The Morgan fingerprint density at radius 3 is 2.71 bits per heavy atom. The van der Waals surface area contributed by atoms with E-state index in [1.165, 1.54) is 16.7 Å². The number of nitrogens with one attached hydrogen (secondary N) is 1. The molecule has 0 aromatic heterocycles. The maximum absolute atomic E-state index is 12.9. The Bertz CT molecular complexity index is 520. The molecule has 0 spiro atoms. The molecule has 3 heteroatoms. The summed E-state index contributed by atoms with van der Waals surface area (Å²) in [6.45, 7) is 7.20. The highest BCUT2D eigenvalue weighted by Gasteiger charge is 2.34. The topological polar surface area (TPSA) is 32.3 Å². The number of carbonyl (C=O) groups excluding carboxylic acids is 1. The summed E-state index contributed by atoms with van der Waals surface area (Å²) in [6, 6.07) is 6.92. The van der Waals surface area contributed by atoms with Crippen LogP contribution in [0, 0.1) is 19.8 Å². The lowest BCUT2D eigenvalue weighted by Gasteiger charge is -2.32. The van der Waals surface area contributed by atoms with Gasteiger partial charge in [0, 0.05) is 12.5 Å². The van der Waals surface area contributed by atoms with Crippen molar-refractivity contribution in [3.8, 4) is 0 Å². The van der Waals surface area contributed by atoms with Crippen molar-refractivity contribution in [2.24, 2.45) is 5.92 Å². The molecule has 1 amide bonds. The van der Waals surface area contributed by atoms with Crippen LogP contribution in [0.3, 0.4) is 0 Å². The van der Waals surface area contributed by atoms with Gasteiger partial charge >= 0.3 is 0 Å². The second kappa shape index (κ2) is 6.18. The molecule has 1 aromatic carbocycles. The molecular weight excluding hydrogens is 260 g/mol. The first-order valence-electron chi connectivity index (χ1n) is 8.25. The smallest absolute Gasteiger partial charge is 0.226 e. The Labute approximate surface area is 127 Å². The van der Waals surface area contributed by atoms with Crippen molar-refractivity contribution in [2.75, 3.05) is 19.6 Å². The van der Waals surface area contributed by atoms with Crippen molar-refractivity contribution in [3.05, 3.63) is 34.9 Å². The summed E-state index contributed by atoms with van der Waals surface area (Å²) in [5.74, 6) is 0.622. The quantitative estimate of drug-likeness (QED) is 0.906. The van der Waals surface area contributed by atoms with Crippen LogP contribution in [0.1, 0.15) is 48.4 Å². The third-order valence-corrected chi connectivity index (χ3v) is 5.02. The van der Waals surface area contributed by atoms with Crippen LogP contribution in [0.15, 0.2) is 18.2 Å². The molecule has 2 fully saturated rings. The predicted octanol–water partition coefficient (Wildman–Crippen LogP) is 2.97. The molecule has 0 saturated carbocycles. The van der Waals surface area contributed by atoms with Gasteiger partial charge in [-0.25, -0.2) is 0 Å². The fourth-order valence-corrected chi connectivity index (χ4v) is 3.78. The van der Waals surface area contributed by atoms with Crippen molar-refractivity contribution >= 4 is 5.91 Å². The van der Waals surface area contributed by atoms with Crippen molar-refractivity contribution in [3.63, 3.8) is 0 Å². The molecule has 21 heavy (non-hydrogen) atoms. The van der Waals surface area contributed by atoms with E-state index in [0.717, 1.165) is 45.3 Å². The summed E-state index contributed by atoms with van der Waals surface area (Å²) in [5.41, 5.74) is 3.96. The fourth-order valence-electron chi connectivity index (χ4n) is 3.78. The molecule has 1 aromatic rings. The first kappa shape index (κ1) is 14.6. The number of hydrogen-bond acceptors (Lipinski definition) is 2. The number of amides is 1. The zero-order chi connectivity index (χ0) is 14.8. The van der Waals surface area contributed by atoms with Crippen LogP contribution in [0.2, 0.25) is 0 Å². The Morgan fingerprint density at radius 2 is 1.95 bits per heavy atom. The molecule has 1 unspecified atom stereocenters. The minimum Gasteiger partial charge on any atom is -0.335 e. The molecule has 3 nitrogen and oxygen atoms in total. The van der Waals surface area contributed by atoms with Gasteiger partial charge in [-0.2, -0.15) is 0 Å². The van der Waals surface area contributed by atoms with Crippen molar-refractivity contribution < 1.29 is 4.79 Å². The molecule has 0 bridgehead atoms. The molecule has 2 aliphatic rings. The van der Waals surface area contributed by atoms with Gasteiger partial charge < -0.3 is 10.2 Å². The van der Waals surface area contributed by atoms with E-state index in [1.807, 2.05) is 0 Å². The van der Waals surface area contributed by atoms with E-state index < -0.39 is 0 Å². The summed E-state index contributed by atoms with van der Waals surface area (Å²) in [7, 11) is 0. The second-order valence-corrected chi connectivity index (χ2v) is 6.57. The van der Waals surface area contributed by atoms with E-state index in [1.54, 1.807) is 0 Å². The molecule has 1 atom stereocenters. The van der Waals surface area contributed by atoms with Crippen molar-refractivity contribution in [2.45, 2.75) is 45.6 Å². The first-order valence-corrected chi connectivity index (χ1v) is 8.25. The van der Waals surface area contributed by atoms with Crippen LogP contribution < -0.4 is 5.32 Å². The van der Waals surface area contributed by atoms with Gasteiger partial charge in [0.25, 0.3) is 0 Å². The third kappa shape index (κ3) is 2.98. The number of carbonyl (C=O) groups is 1. The van der Waals surface area contributed by atoms with Crippen LogP contribution >= 0.6 is 0 Å². The Balaban J connectivity index is 1.81. The van der Waals surface area contributed by atoms with Gasteiger partial charge in [0.1, 0.15) is 0 Å². The Kier molecular flexibility index (Phi) is 4.29. The van der Waals surface area contributed by atoms with Gasteiger partial charge in [-0.15, -0.1) is 0 Å². The number of piperidine rings is 1. The van der Waals surface area contributed by atoms with Crippen molar-refractivity contribution in [1.29, 1.82) is 0 Å². The molecular formula is C18H26N2O. The summed E-state index contributed by atoms with van der Waals surface area (Å²) in [5, 5.41) is 3.35. The van der Waals surface area contributed by atoms with Crippen LogP contribution in [0.4, 0.5) is 0 Å². The van der Waals surface area contributed by atoms with Gasteiger partial charge in [0.2, 0.25) is 5.91 Å². The van der Waals surface area contributed by atoms with Gasteiger partial charge in [-0.05, 0) is 63.7 Å². The number of aryl methyl sites for hydroxylation is 2. The summed E-state index contributed by atoms with van der Waals surface area (Å²) >= 11 is 0. The summed E-state index contributed by atoms with van der Waals surface area (Å²) in [4.78, 5) is 15.0. The number of rotatable bonds is 2. The third-order valence-electron chi connectivity index (χ3n) is 5.02. The highest BCUT2D eigenvalue weighted by atomic mass is 16.2. The minimum absolute atomic E-state index is 0.233. The van der Waals surface area contributed by atoms with Crippen LogP contribution in [0.5, 0.6) is 0 Å². The monoisotopic (exact) mass is 286 g/mol. The van der Waals surface area contributed by atoms with E-state index >= 15 is 0 Å². The van der Waals surface area contributed by atoms with Gasteiger partial charge in [-0.3, -0.25) is 4.79 Å². The first-order chi connectivity index (χ1) is 10.2. The SMILES string of the molecule is Cc1ccc(C)c(C2CCCN2C(=O)C2CCNCC2)c1. The van der Waals surface area contributed by atoms with E-state index in [2.05, 4.69) is 42.3 Å². The molecule has 1 N–H and O–H groups in total. The molecule has 114 valence electrons. The fraction of sp³-hybridized carbons (Fsp3) is 0.611. The standard InChI is InChI=1S/C18H26N2O/c1-13-5-6-14(2)16(12-13)17-4-3-11-20(17)18(21)15-7-9-19-10-8-15/h5-6,12,15,17,19H,3-4,7-11H2,1-2H3. The average molecular weight is 286 g/mol. The number of likely N-dealkylation sites (tertiary alicyclic amines) is 1. The van der Waals surface area contributed by atoms with E-state index in [-0.39, 0.29) is 5.92 Å². The molecule has 2 aliphatic heterocycles. The largest absolute Gasteiger partial charge is 0.335 e. The number of benzene rings is 1. The summed E-state index contributed by atoms with van der Waals surface area (Å²) in [6.07, 6.45) is 4.24. The molecule has 0 radical (unpaired) electrons. The minimum atomic E-state index is 0.233. The maximum Gasteiger partial charge on any atom is 0.226 e. The molecule has 0 aliphatic carbocycles. The summed E-state index contributed by atoms with van der Waals surface area (Å²) < 4.78 is 0. The number of nitrogens with zero attached hydrogens (tertiary/aromatic N) is 1. The molecule has 2 saturated heterocycles. The lowest BCUT2D eigenvalue weighted by atomic mass is 9.93. The normalized spacial score (nSPS) is 23.5. The Hall–Kier alpha value is -1.35. The highest BCUT2D eigenvalue weighted by Crippen LogP contribution is 2.36. The van der Waals surface area contributed by atoms with E-state index in [9.17, 15) is 4.79 Å². The van der Waals surface area contributed by atoms with E-state index in [0.29, 0.717) is 11.9 Å². The zero-order valence-electron chi connectivity index (χ0n) is 13.2. The maximum atomic E-state index is 12.9. The predicted molar refractivity (Wildman–Crippen MR) is 85.2 cm³/mol. The van der Waals surface area contributed by atoms with Gasteiger partial charge in [-0.1, -0.05) is 23.8 Å². The second-order valence-electron chi connectivity index (χ2n) is 6.57. The lowest BCUT2D eigenvalue weighted by molar-refractivity contribution is -0.137. The zero-order valence-corrected chi connectivity index (χ0v) is 13.2. The van der Waals surface area contributed by atoms with Crippen molar-refractivity contribution in [1.82, 2.24) is 10.2 Å². The number of hydrogen-bond donors (Lipinski definition) is 1. The van der Waals surface area contributed by atoms with Crippen LogP contribution in [-0.2, 0) is 4.79 Å². The molecule has 2 heterocycles. The van der Waals surface area contributed by atoms with Gasteiger partial charge in [0.05, 0.1) is 6.04 Å². The highest BCUT2D eigenvalue weighted by molar-refractivity contribution is 5.80. The Morgan fingerprint density at radius 1 is 1.19 bits per heavy atom. The lowest BCUT2D eigenvalue weighted by Crippen LogP contribution is -2.40. The average Bonchev–Trinajstić information content (AvgIpc) is 2.99. The van der Waals surface area contributed by atoms with Gasteiger partial charge in [0.15, 0.2) is 0 Å². The van der Waals surface area contributed by atoms with Crippen LogP contribution in [-0.4, -0.2) is 30.4 Å². The van der Waals surface area contributed by atoms with E-state index in [4.69, 9.17) is 0 Å². The van der Waals surface area contributed by atoms with Crippen LogP contribution in [0.25, 0.3) is 0 Å². The molecule has 3 rings (SSSR count).